The smallest absolute Gasteiger partial charge is 0.408 e. The Morgan fingerprint density at radius 1 is 0.882 bits per heavy atom. The van der Waals surface area contributed by atoms with E-state index in [1.807, 2.05) is 6.07 Å². The zero-order valence-corrected chi connectivity index (χ0v) is 28.9. The summed E-state index contributed by atoms with van der Waals surface area (Å²) in [5.41, 5.74) is 7.60. The summed E-state index contributed by atoms with van der Waals surface area (Å²) in [6.45, 7) is 6.39. The summed E-state index contributed by atoms with van der Waals surface area (Å²) >= 11 is 0. The number of hydrogen-bond acceptors (Lipinski definition) is 11. The van der Waals surface area contributed by atoms with Crippen LogP contribution in [0.2, 0.25) is 0 Å². The van der Waals surface area contributed by atoms with Gasteiger partial charge in [0.05, 0.1) is 19.1 Å². The minimum atomic E-state index is -1.60. The van der Waals surface area contributed by atoms with E-state index in [9.17, 15) is 34.1 Å². The van der Waals surface area contributed by atoms with Gasteiger partial charge in [0.15, 0.2) is 5.03 Å². The molecule has 4 atom stereocenters. The van der Waals surface area contributed by atoms with Crippen LogP contribution in [0.5, 0.6) is 0 Å². The molecule has 0 unspecified atom stereocenters. The fourth-order valence-electron chi connectivity index (χ4n) is 4.40. The lowest BCUT2D eigenvalue weighted by Crippen LogP contribution is -2.59. The van der Waals surface area contributed by atoms with Gasteiger partial charge < -0.3 is 41.2 Å². The third-order valence-corrected chi connectivity index (χ3v) is 6.82. The van der Waals surface area contributed by atoms with Crippen LogP contribution in [-0.2, 0) is 46.6 Å². The lowest BCUT2D eigenvalue weighted by Gasteiger charge is -2.28. The van der Waals surface area contributed by atoms with Gasteiger partial charge in [-0.25, -0.2) is 19.7 Å². The molecule has 18 nitrogen and oxygen atoms in total. The van der Waals surface area contributed by atoms with Crippen LogP contribution in [0, 0.1) is 15.5 Å². The largest absolute Gasteiger partial charge is 0.459 e. The fraction of sp³-hybridized carbons (Fsp3) is 0.455. The number of amides is 4. The number of alkyl carbamates (subject to hydrolysis) is 1. The maximum atomic E-state index is 13.7. The Balaban J connectivity index is 2.24. The van der Waals surface area contributed by atoms with E-state index in [1.165, 1.54) is 6.92 Å². The summed E-state index contributed by atoms with van der Waals surface area (Å²) in [6.07, 6.45) is -2.52. The van der Waals surface area contributed by atoms with Crippen LogP contribution in [-0.4, -0.2) is 77.2 Å². The van der Waals surface area contributed by atoms with Gasteiger partial charge in [-0.3, -0.25) is 19.8 Å². The average molecular weight is 715 g/mol. The number of ether oxygens (including phenoxy) is 3. The number of carbonyl (C=O) groups excluding carboxylic acids is 5. The van der Waals surface area contributed by atoms with Gasteiger partial charge in [0.2, 0.25) is 17.7 Å². The molecule has 0 spiro atoms. The Bertz CT molecular complexity index is 1490. The van der Waals surface area contributed by atoms with E-state index in [0.717, 1.165) is 5.56 Å². The molecule has 51 heavy (non-hydrogen) atoms. The number of nitro groups is 1. The first-order valence-corrected chi connectivity index (χ1v) is 16.0. The lowest BCUT2D eigenvalue weighted by molar-refractivity contribution is -0.525. The Morgan fingerprint density at radius 3 is 2.00 bits per heavy atom. The van der Waals surface area contributed by atoms with Crippen LogP contribution in [0.1, 0.15) is 58.1 Å². The maximum Gasteiger partial charge on any atom is 0.408 e. The van der Waals surface area contributed by atoms with E-state index in [1.54, 1.807) is 80.8 Å². The van der Waals surface area contributed by atoms with Crippen molar-refractivity contribution < 1.29 is 43.2 Å². The maximum absolute atomic E-state index is 13.7. The molecule has 4 amide bonds. The first-order valence-electron chi connectivity index (χ1n) is 16.0. The van der Waals surface area contributed by atoms with Crippen LogP contribution in [0.25, 0.3) is 0 Å². The molecule has 0 aromatic heterocycles. The second-order valence-corrected chi connectivity index (χ2v) is 12.3. The molecule has 2 rings (SSSR count). The number of hydrogen-bond donors (Lipinski definition) is 7. The van der Waals surface area contributed by atoms with Crippen LogP contribution in [0.3, 0.4) is 0 Å². The summed E-state index contributed by atoms with van der Waals surface area (Å²) < 4.78 is 16.6. The van der Waals surface area contributed by atoms with Crippen molar-refractivity contribution in [3.05, 3.63) is 81.9 Å². The van der Waals surface area contributed by atoms with E-state index in [2.05, 4.69) is 21.3 Å². The number of primary amides is 1. The molecule has 0 bridgehead atoms. The fourth-order valence-corrected chi connectivity index (χ4v) is 4.40. The van der Waals surface area contributed by atoms with Gasteiger partial charge in [0, 0.05) is 6.54 Å². The van der Waals surface area contributed by atoms with Crippen molar-refractivity contribution in [3.8, 4) is 0 Å². The van der Waals surface area contributed by atoms with E-state index in [0.29, 0.717) is 5.56 Å². The normalized spacial score (nSPS) is 13.3. The summed E-state index contributed by atoms with van der Waals surface area (Å²) in [5, 5.41) is 27.0. The predicted octanol–water partition coefficient (Wildman–Crippen LogP) is 1.16. The van der Waals surface area contributed by atoms with E-state index in [-0.39, 0.29) is 32.6 Å². The number of nitrogens with one attached hydrogen (secondary N) is 6. The molecule has 0 aliphatic heterocycles. The Labute approximate surface area is 295 Å². The quantitative estimate of drug-likeness (QED) is 0.0270. The second kappa shape index (κ2) is 20.7. The summed E-state index contributed by atoms with van der Waals surface area (Å²) in [5.74, 6) is -4.26. The first-order chi connectivity index (χ1) is 24.0. The highest BCUT2D eigenvalue weighted by Gasteiger charge is 2.34. The van der Waals surface area contributed by atoms with Crippen molar-refractivity contribution in [2.24, 2.45) is 5.73 Å². The monoisotopic (exact) mass is 714 g/mol. The number of carbonyl (C=O) groups is 5. The third-order valence-electron chi connectivity index (χ3n) is 6.82. The van der Waals surface area contributed by atoms with Gasteiger partial charge in [-0.05, 0) is 51.7 Å². The minimum absolute atomic E-state index is 0.00164. The Kier molecular flexibility index (Phi) is 16.8. The number of nitrogens with two attached hydrogens (primary N) is 1. The second-order valence-electron chi connectivity index (χ2n) is 12.3. The number of benzene rings is 2. The van der Waals surface area contributed by atoms with Crippen molar-refractivity contribution in [1.29, 1.82) is 5.41 Å². The van der Waals surface area contributed by atoms with Gasteiger partial charge in [-0.1, -0.05) is 66.1 Å². The van der Waals surface area contributed by atoms with Crippen LogP contribution in [0.4, 0.5) is 4.79 Å². The topological polar surface area (TPSA) is 266 Å². The van der Waals surface area contributed by atoms with Crippen LogP contribution < -0.4 is 32.4 Å². The highest BCUT2D eigenvalue weighted by molar-refractivity contribution is 5.95. The Morgan fingerprint density at radius 2 is 1.45 bits per heavy atom. The molecule has 0 saturated heterocycles. The van der Waals surface area contributed by atoms with Crippen molar-refractivity contribution in [2.75, 3.05) is 6.54 Å². The zero-order chi connectivity index (χ0) is 38.0. The summed E-state index contributed by atoms with van der Waals surface area (Å²) in [6, 6.07) is 13.5. The molecule has 0 radical (unpaired) electrons. The molecule has 18 heteroatoms. The highest BCUT2D eigenvalue weighted by Crippen LogP contribution is 2.12. The summed E-state index contributed by atoms with van der Waals surface area (Å²) in [4.78, 5) is 75.7. The van der Waals surface area contributed by atoms with Gasteiger partial charge >= 0.3 is 12.1 Å². The van der Waals surface area contributed by atoms with Gasteiger partial charge in [-0.2, -0.15) is 0 Å². The predicted molar refractivity (Wildman–Crippen MR) is 183 cm³/mol. The number of guanidine groups is 1. The van der Waals surface area contributed by atoms with Gasteiger partial charge in [0.1, 0.15) is 30.3 Å². The van der Waals surface area contributed by atoms with E-state index in [4.69, 9.17) is 25.4 Å². The molecule has 0 heterocycles. The first kappa shape index (κ1) is 41.4. The summed E-state index contributed by atoms with van der Waals surface area (Å²) in [7, 11) is 0. The molecular formula is C33H46N8O10. The van der Waals surface area contributed by atoms with E-state index >= 15 is 0 Å². The molecule has 0 aliphatic carbocycles. The molecule has 8 N–H and O–H groups in total. The van der Waals surface area contributed by atoms with Crippen LogP contribution >= 0.6 is 0 Å². The highest BCUT2D eigenvalue weighted by atomic mass is 16.7. The molecular weight excluding hydrogens is 668 g/mol. The minimum Gasteiger partial charge on any atom is -0.459 e. The molecule has 0 saturated carbocycles. The van der Waals surface area contributed by atoms with Gasteiger partial charge in [-0.15, -0.1) is 0 Å². The molecule has 0 fully saturated rings. The molecule has 2 aromatic carbocycles. The molecule has 0 aliphatic rings. The number of hydrazine groups is 1. The number of rotatable bonds is 19. The van der Waals surface area contributed by atoms with Gasteiger partial charge in [0.25, 0.3) is 5.96 Å². The van der Waals surface area contributed by atoms with Crippen molar-refractivity contribution in [2.45, 2.75) is 90.0 Å². The standard InChI is InChI=1S/C33H46N8O10/c1-21(49-19-22-12-7-5-8-13-22)27(39-32(46)51-33(2,3)4)29(44)38-25(18-26(34)42)28(43)37-24(16-11-17-36-31(35)40-41(47)48)30(45)50-20-23-14-9-6-10-15-23/h5-10,12-15,21,24-25,27H,11,16-20H2,1-4H3,(H2,34,42)(H,37,43)(H,38,44)(H,39,46)(H3,35,36,40)/t21-,24+,25+,27+/m1/s1. The Hall–Kier alpha value is -5.78. The molecule has 278 valence electrons. The zero-order valence-electron chi connectivity index (χ0n) is 28.9. The number of nitrogens with zero attached hydrogens (tertiary/aromatic N) is 1. The van der Waals surface area contributed by atoms with Crippen molar-refractivity contribution in [3.63, 3.8) is 0 Å². The van der Waals surface area contributed by atoms with Crippen molar-refractivity contribution in [1.82, 2.24) is 26.7 Å². The van der Waals surface area contributed by atoms with Crippen molar-refractivity contribution >= 4 is 35.7 Å². The van der Waals surface area contributed by atoms with Crippen LogP contribution in [0.15, 0.2) is 60.7 Å². The lowest BCUT2D eigenvalue weighted by atomic mass is 10.1. The molecule has 2 aromatic rings. The SMILES string of the molecule is C[C@@H](OCc1ccccc1)[C@H](NC(=O)OC(C)(C)C)C(=O)N[C@@H](CC(N)=O)C(=O)N[C@@H](CCCNC(=N)N[N+](=O)[O-])C(=O)OCc1ccccc1. The van der Waals surface area contributed by atoms with E-state index < -0.39 is 77.0 Å². The number of esters is 1. The average Bonchev–Trinajstić information content (AvgIpc) is 3.05. The third kappa shape index (κ3) is 16.9.